The van der Waals surface area contributed by atoms with Gasteiger partial charge in [-0.1, -0.05) is 22.6 Å². The van der Waals surface area contributed by atoms with E-state index in [9.17, 15) is 9.59 Å². The van der Waals surface area contributed by atoms with Crippen molar-refractivity contribution in [1.29, 1.82) is 0 Å². The van der Waals surface area contributed by atoms with E-state index in [4.69, 9.17) is 14.2 Å². The first-order chi connectivity index (χ1) is 8.44. The largest absolute Gasteiger partial charge is 0.455 e. The van der Waals surface area contributed by atoms with E-state index in [1.54, 1.807) is 0 Å². The normalized spacial score (nSPS) is 41.1. The van der Waals surface area contributed by atoms with E-state index in [1.165, 1.54) is 0 Å². The van der Waals surface area contributed by atoms with Gasteiger partial charge in [0.2, 0.25) is 0 Å². The van der Waals surface area contributed by atoms with Crippen LogP contribution in [0, 0.1) is 11.3 Å². The molecule has 0 aliphatic carbocycles. The van der Waals surface area contributed by atoms with Gasteiger partial charge < -0.3 is 14.2 Å². The van der Waals surface area contributed by atoms with Gasteiger partial charge in [0, 0.05) is 4.43 Å². The summed E-state index contributed by atoms with van der Waals surface area (Å²) in [6, 6.07) is 0. The molecule has 2 bridgehead atoms. The lowest BCUT2D eigenvalue weighted by atomic mass is 9.88. The van der Waals surface area contributed by atoms with Crippen molar-refractivity contribution in [2.45, 2.75) is 44.7 Å². The zero-order valence-corrected chi connectivity index (χ0v) is 12.4. The number of esters is 2. The Hall–Kier alpha value is -0.370. The van der Waals surface area contributed by atoms with Crippen LogP contribution in [0.4, 0.5) is 0 Å². The molecule has 0 radical (unpaired) electrons. The number of ether oxygens (including phenoxy) is 3. The molecule has 3 heterocycles. The Balaban J connectivity index is 1.73. The van der Waals surface area contributed by atoms with Gasteiger partial charge in [0.15, 0.2) is 12.2 Å². The van der Waals surface area contributed by atoms with E-state index in [-0.39, 0.29) is 30.1 Å². The third kappa shape index (κ3) is 1.68. The molecule has 5 nitrogen and oxygen atoms in total. The van der Waals surface area contributed by atoms with Crippen LogP contribution in [0.15, 0.2) is 0 Å². The lowest BCUT2D eigenvalue weighted by Gasteiger charge is -2.27. The summed E-state index contributed by atoms with van der Waals surface area (Å²) in [6.07, 6.45) is -0.584. The predicted molar refractivity (Wildman–Crippen MR) is 69.2 cm³/mol. The molecule has 3 aliphatic heterocycles. The maximum Gasteiger partial charge on any atom is 0.312 e. The number of alkyl halides is 1. The molecular formula is C12H15IO5. The van der Waals surface area contributed by atoms with Crippen molar-refractivity contribution in [3.63, 3.8) is 0 Å². The summed E-state index contributed by atoms with van der Waals surface area (Å²) in [7, 11) is 0. The Morgan fingerprint density at radius 2 is 2.22 bits per heavy atom. The van der Waals surface area contributed by atoms with Crippen LogP contribution in [0.5, 0.6) is 0 Å². The highest BCUT2D eigenvalue weighted by Gasteiger charge is 2.65. The molecule has 100 valence electrons. The Bertz CT molecular complexity index is 407. The third-order valence-electron chi connectivity index (χ3n) is 3.91. The van der Waals surface area contributed by atoms with Gasteiger partial charge in [0.25, 0.3) is 0 Å². The van der Waals surface area contributed by atoms with E-state index in [0.717, 1.165) is 0 Å². The van der Waals surface area contributed by atoms with E-state index in [1.807, 2.05) is 13.8 Å². The number of hydrogen-bond donors (Lipinski definition) is 0. The van der Waals surface area contributed by atoms with Crippen molar-refractivity contribution >= 4 is 34.5 Å². The second-order valence-electron chi connectivity index (χ2n) is 5.77. The fraction of sp³-hybridized carbons (Fsp3) is 0.833. The zero-order chi connectivity index (χ0) is 13.1. The minimum absolute atomic E-state index is 0.146. The van der Waals surface area contributed by atoms with Gasteiger partial charge in [-0.3, -0.25) is 9.59 Å². The van der Waals surface area contributed by atoms with Crippen LogP contribution in [0.2, 0.25) is 0 Å². The van der Waals surface area contributed by atoms with Gasteiger partial charge in [0.1, 0.15) is 6.10 Å². The average molecular weight is 366 g/mol. The summed E-state index contributed by atoms with van der Waals surface area (Å²) < 4.78 is 17.1. The first kappa shape index (κ1) is 12.7. The standard InChI is InChI=1S/C12H15IO5/c1-12(2,4-13)11(15)18-8-6-3-5-7(16-6)9(8)17-10(5)14/h5-9H,3-4H2,1-2H3. The van der Waals surface area contributed by atoms with Crippen LogP contribution < -0.4 is 0 Å². The summed E-state index contributed by atoms with van der Waals surface area (Å²) in [4.78, 5) is 23.6. The molecule has 5 atom stereocenters. The first-order valence-electron chi connectivity index (χ1n) is 6.07. The zero-order valence-electron chi connectivity index (χ0n) is 10.2. The second-order valence-corrected chi connectivity index (χ2v) is 6.53. The van der Waals surface area contributed by atoms with Gasteiger partial charge >= 0.3 is 11.9 Å². The Morgan fingerprint density at radius 1 is 1.50 bits per heavy atom. The van der Waals surface area contributed by atoms with E-state index >= 15 is 0 Å². The molecule has 6 heteroatoms. The number of halogens is 1. The summed E-state index contributed by atoms with van der Waals surface area (Å²) in [5.74, 6) is -0.607. The molecule has 3 saturated heterocycles. The van der Waals surface area contributed by atoms with Crippen LogP contribution in [-0.4, -0.2) is 40.8 Å². The quantitative estimate of drug-likeness (QED) is 0.425. The number of carbonyl (C=O) groups is 2. The fourth-order valence-corrected chi connectivity index (χ4v) is 3.03. The average Bonchev–Trinajstić information content (AvgIpc) is 2.93. The molecule has 0 spiro atoms. The number of rotatable bonds is 3. The van der Waals surface area contributed by atoms with Crippen molar-refractivity contribution in [2.24, 2.45) is 11.3 Å². The molecule has 3 aliphatic rings. The number of carbonyl (C=O) groups excluding carboxylic acids is 2. The lowest BCUT2D eigenvalue weighted by Crippen LogP contribution is -2.43. The lowest BCUT2D eigenvalue weighted by molar-refractivity contribution is -0.167. The van der Waals surface area contributed by atoms with Crippen LogP contribution >= 0.6 is 22.6 Å². The third-order valence-corrected chi connectivity index (χ3v) is 5.82. The van der Waals surface area contributed by atoms with Crippen molar-refractivity contribution < 1.29 is 23.8 Å². The van der Waals surface area contributed by atoms with Gasteiger partial charge in [-0.2, -0.15) is 0 Å². The minimum Gasteiger partial charge on any atom is -0.455 e. The van der Waals surface area contributed by atoms with Crippen molar-refractivity contribution in [1.82, 2.24) is 0 Å². The van der Waals surface area contributed by atoms with Crippen LogP contribution in [-0.2, 0) is 23.8 Å². The van der Waals surface area contributed by atoms with Crippen LogP contribution in [0.3, 0.4) is 0 Å². The smallest absolute Gasteiger partial charge is 0.312 e. The SMILES string of the molecule is CC(C)(CI)C(=O)OC1C2CC3C(=O)OC1C3O2. The molecular weight excluding hydrogens is 351 g/mol. The summed E-state index contributed by atoms with van der Waals surface area (Å²) >= 11 is 2.16. The minimum atomic E-state index is -0.523. The maximum atomic E-state index is 12.1. The summed E-state index contributed by atoms with van der Waals surface area (Å²) in [6.45, 7) is 3.69. The highest BCUT2D eigenvalue weighted by atomic mass is 127. The predicted octanol–water partition coefficient (Wildman–Crippen LogP) is 1.07. The molecule has 0 aromatic heterocycles. The fourth-order valence-electron chi connectivity index (χ4n) is 2.72. The van der Waals surface area contributed by atoms with Crippen molar-refractivity contribution in [3.05, 3.63) is 0 Å². The molecule has 18 heavy (non-hydrogen) atoms. The van der Waals surface area contributed by atoms with Crippen LogP contribution in [0.1, 0.15) is 20.3 Å². The molecule has 0 N–H and O–H groups in total. The number of hydrogen-bond acceptors (Lipinski definition) is 5. The van der Waals surface area contributed by atoms with Gasteiger partial charge in [0.05, 0.1) is 17.4 Å². The van der Waals surface area contributed by atoms with Crippen molar-refractivity contribution in [2.75, 3.05) is 4.43 Å². The van der Waals surface area contributed by atoms with Gasteiger partial charge in [-0.15, -0.1) is 0 Å². The summed E-state index contributed by atoms with van der Waals surface area (Å²) in [5, 5.41) is 0. The molecule has 0 saturated carbocycles. The molecule has 3 rings (SSSR count). The first-order valence-corrected chi connectivity index (χ1v) is 7.59. The molecule has 0 amide bonds. The Morgan fingerprint density at radius 3 is 2.89 bits per heavy atom. The van der Waals surface area contributed by atoms with Gasteiger partial charge in [-0.05, 0) is 20.3 Å². The molecule has 0 aromatic carbocycles. The monoisotopic (exact) mass is 366 g/mol. The topological polar surface area (TPSA) is 61.8 Å². The van der Waals surface area contributed by atoms with E-state index < -0.39 is 17.6 Å². The van der Waals surface area contributed by atoms with E-state index in [2.05, 4.69) is 22.6 Å². The highest BCUT2D eigenvalue weighted by molar-refractivity contribution is 14.1. The Labute approximate surface area is 119 Å². The molecule has 0 aromatic rings. The summed E-state index contributed by atoms with van der Waals surface area (Å²) in [5.41, 5.74) is -0.523. The van der Waals surface area contributed by atoms with Crippen molar-refractivity contribution in [3.8, 4) is 0 Å². The van der Waals surface area contributed by atoms with Gasteiger partial charge in [-0.25, -0.2) is 0 Å². The highest BCUT2D eigenvalue weighted by Crippen LogP contribution is 2.47. The molecule has 3 fully saturated rings. The second kappa shape index (κ2) is 4.06. The molecule has 5 unspecified atom stereocenters. The Kier molecular flexibility index (Phi) is 2.85. The number of fused-ring (bicyclic) bond motifs is 1. The van der Waals surface area contributed by atoms with Crippen LogP contribution in [0.25, 0.3) is 0 Å². The van der Waals surface area contributed by atoms with E-state index in [0.29, 0.717) is 10.8 Å². The maximum absolute atomic E-state index is 12.1.